The summed E-state index contributed by atoms with van der Waals surface area (Å²) >= 11 is 2.97. The van der Waals surface area contributed by atoms with Gasteiger partial charge >= 0.3 is 5.97 Å². The van der Waals surface area contributed by atoms with Crippen molar-refractivity contribution < 1.29 is 14.3 Å². The van der Waals surface area contributed by atoms with Crippen LogP contribution in [0.2, 0.25) is 0 Å². The van der Waals surface area contributed by atoms with Gasteiger partial charge in [-0.25, -0.2) is 9.79 Å². The Balaban J connectivity index is 1.51. The van der Waals surface area contributed by atoms with E-state index in [1.54, 1.807) is 23.3 Å². The molecular formula is C33H31N3O4S2. The van der Waals surface area contributed by atoms with E-state index in [4.69, 9.17) is 14.5 Å². The molecule has 9 heteroatoms. The van der Waals surface area contributed by atoms with Crippen molar-refractivity contribution in [3.63, 3.8) is 0 Å². The van der Waals surface area contributed by atoms with Crippen molar-refractivity contribution in [1.29, 1.82) is 0 Å². The first-order valence-corrected chi connectivity index (χ1v) is 16.0. The second-order valence-electron chi connectivity index (χ2n) is 9.90. The van der Waals surface area contributed by atoms with Gasteiger partial charge in [-0.05, 0) is 54.6 Å². The fourth-order valence-corrected chi connectivity index (χ4v) is 6.71. The van der Waals surface area contributed by atoms with Crippen molar-refractivity contribution in [2.75, 3.05) is 44.1 Å². The first kappa shape index (κ1) is 28.2. The van der Waals surface area contributed by atoms with Crippen molar-refractivity contribution >= 4 is 46.5 Å². The van der Waals surface area contributed by atoms with Crippen LogP contribution in [0.15, 0.2) is 99.1 Å². The Kier molecular flexibility index (Phi) is 8.41. The average molecular weight is 598 g/mol. The third-order valence-corrected chi connectivity index (χ3v) is 9.10. The van der Waals surface area contributed by atoms with E-state index in [9.17, 15) is 9.59 Å². The number of ether oxygens (including phenoxy) is 2. The molecule has 2 aliphatic heterocycles. The van der Waals surface area contributed by atoms with Crippen LogP contribution in [0.25, 0.3) is 11.8 Å². The van der Waals surface area contributed by atoms with Gasteiger partial charge in [-0.15, -0.1) is 11.8 Å². The summed E-state index contributed by atoms with van der Waals surface area (Å²) in [6.07, 6.45) is 3.92. The maximum absolute atomic E-state index is 14.1. The smallest absolute Gasteiger partial charge is 0.338 e. The lowest BCUT2D eigenvalue weighted by atomic mass is 9.93. The third kappa shape index (κ3) is 5.60. The summed E-state index contributed by atoms with van der Waals surface area (Å²) in [4.78, 5) is 36.5. The summed E-state index contributed by atoms with van der Waals surface area (Å²) in [6, 6.07) is 25.1. The highest BCUT2D eigenvalue weighted by atomic mass is 32.2. The van der Waals surface area contributed by atoms with Gasteiger partial charge in [0.25, 0.3) is 5.56 Å². The van der Waals surface area contributed by atoms with Crippen LogP contribution < -0.4 is 19.8 Å². The summed E-state index contributed by atoms with van der Waals surface area (Å²) in [5.74, 6) is -0.480. The van der Waals surface area contributed by atoms with Crippen LogP contribution in [0.1, 0.15) is 29.7 Å². The highest BCUT2D eigenvalue weighted by Gasteiger charge is 2.35. The number of morpholine rings is 1. The molecule has 214 valence electrons. The van der Waals surface area contributed by atoms with E-state index in [-0.39, 0.29) is 12.2 Å². The number of hydrogen-bond acceptors (Lipinski definition) is 8. The van der Waals surface area contributed by atoms with Crippen LogP contribution in [0, 0.1) is 0 Å². The molecule has 4 aromatic rings. The van der Waals surface area contributed by atoms with Crippen molar-refractivity contribution in [2.45, 2.75) is 17.9 Å². The van der Waals surface area contributed by atoms with Crippen LogP contribution in [0.3, 0.4) is 0 Å². The first-order chi connectivity index (χ1) is 20.6. The van der Waals surface area contributed by atoms with Gasteiger partial charge in [-0.1, -0.05) is 65.9 Å². The summed E-state index contributed by atoms with van der Waals surface area (Å²) in [7, 11) is 0. The molecule has 3 aromatic carbocycles. The SMILES string of the molecule is CCOC(=O)C1=C(c2ccccc2)N=c2s/c(=C/c3ccc(N4CCOCC4)cc3)c(=O)n2[C@H]1c1ccc(SC)cc1. The molecule has 2 aliphatic rings. The molecule has 0 amide bonds. The largest absolute Gasteiger partial charge is 0.463 e. The van der Waals surface area contributed by atoms with Crippen molar-refractivity contribution in [3.05, 3.63) is 121 Å². The number of rotatable bonds is 7. The quantitative estimate of drug-likeness (QED) is 0.231. The highest BCUT2D eigenvalue weighted by Crippen LogP contribution is 2.35. The lowest BCUT2D eigenvalue weighted by Crippen LogP contribution is -2.40. The standard InChI is InChI=1S/C33H31N3O4S2/c1-3-40-32(38)28-29(23-7-5-4-6-8-23)34-33-36(30(28)24-11-15-26(41-2)16-12-24)31(37)27(42-33)21-22-9-13-25(14-10-22)35-17-19-39-20-18-35/h4-16,21,30H,3,17-20H2,1-2H3/b27-21+/t30-/m0/s1. The van der Waals surface area contributed by atoms with Gasteiger partial charge in [0, 0.05) is 29.2 Å². The van der Waals surface area contributed by atoms with Gasteiger partial charge in [-0.3, -0.25) is 9.36 Å². The molecule has 0 unspecified atom stereocenters. The van der Waals surface area contributed by atoms with E-state index in [1.165, 1.54) is 11.3 Å². The molecule has 6 rings (SSSR count). The van der Waals surface area contributed by atoms with Gasteiger partial charge in [0.1, 0.15) is 0 Å². The van der Waals surface area contributed by atoms with Crippen molar-refractivity contribution in [3.8, 4) is 0 Å². The number of esters is 1. The summed E-state index contributed by atoms with van der Waals surface area (Å²) < 4.78 is 13.2. The van der Waals surface area contributed by atoms with E-state index in [0.717, 1.165) is 53.6 Å². The monoisotopic (exact) mass is 597 g/mol. The minimum atomic E-state index is -0.683. The number of thioether (sulfide) groups is 1. The van der Waals surface area contributed by atoms with E-state index >= 15 is 0 Å². The predicted molar refractivity (Wildman–Crippen MR) is 169 cm³/mol. The zero-order valence-corrected chi connectivity index (χ0v) is 25.1. The van der Waals surface area contributed by atoms with Crippen LogP contribution in [-0.4, -0.2) is 49.7 Å². The molecule has 0 bridgehead atoms. The van der Waals surface area contributed by atoms with Gasteiger partial charge in [0.05, 0.1) is 41.7 Å². The van der Waals surface area contributed by atoms with Gasteiger partial charge in [0.15, 0.2) is 4.80 Å². The average Bonchev–Trinajstić information content (AvgIpc) is 3.35. The van der Waals surface area contributed by atoms with Gasteiger partial charge in [-0.2, -0.15) is 0 Å². The van der Waals surface area contributed by atoms with Crippen LogP contribution in [0.4, 0.5) is 5.69 Å². The van der Waals surface area contributed by atoms with Gasteiger partial charge < -0.3 is 14.4 Å². The highest BCUT2D eigenvalue weighted by molar-refractivity contribution is 7.98. The Morgan fingerprint density at radius 1 is 1.05 bits per heavy atom. The molecule has 1 aromatic heterocycles. The van der Waals surface area contributed by atoms with E-state index in [0.29, 0.717) is 20.6 Å². The zero-order chi connectivity index (χ0) is 29.1. The summed E-state index contributed by atoms with van der Waals surface area (Å²) in [5.41, 5.74) is 4.36. The third-order valence-electron chi connectivity index (χ3n) is 7.37. The molecule has 0 aliphatic carbocycles. The number of carbonyl (C=O) groups excluding carboxylic acids is 1. The maximum Gasteiger partial charge on any atom is 0.338 e. The number of aromatic nitrogens is 1. The minimum Gasteiger partial charge on any atom is -0.463 e. The fraction of sp³-hybridized carbons (Fsp3) is 0.242. The molecule has 0 saturated carbocycles. The molecule has 1 atom stereocenters. The summed E-state index contributed by atoms with van der Waals surface area (Å²) in [6.45, 7) is 5.17. The second-order valence-corrected chi connectivity index (χ2v) is 11.8. The molecular weight excluding hydrogens is 567 g/mol. The Hall–Kier alpha value is -3.92. The number of thiazole rings is 1. The number of nitrogens with zero attached hydrogens (tertiary/aromatic N) is 3. The Morgan fingerprint density at radius 2 is 1.76 bits per heavy atom. The number of hydrogen-bond donors (Lipinski definition) is 0. The molecule has 0 spiro atoms. The van der Waals surface area contributed by atoms with Crippen LogP contribution >= 0.6 is 23.1 Å². The topological polar surface area (TPSA) is 73.1 Å². The zero-order valence-electron chi connectivity index (χ0n) is 23.5. The van der Waals surface area contributed by atoms with Crippen LogP contribution in [-0.2, 0) is 14.3 Å². The van der Waals surface area contributed by atoms with Crippen LogP contribution in [0.5, 0.6) is 0 Å². The number of anilines is 1. The molecule has 1 fully saturated rings. The van der Waals surface area contributed by atoms with Gasteiger partial charge in [0.2, 0.25) is 0 Å². The Labute approximate surface area is 252 Å². The Bertz CT molecular complexity index is 1790. The number of benzene rings is 3. The number of fused-ring (bicyclic) bond motifs is 1. The predicted octanol–water partition coefficient (Wildman–Crippen LogP) is 4.49. The van der Waals surface area contributed by atoms with E-state index in [2.05, 4.69) is 17.0 Å². The first-order valence-electron chi connectivity index (χ1n) is 13.9. The van der Waals surface area contributed by atoms with E-state index < -0.39 is 12.0 Å². The van der Waals surface area contributed by atoms with Crippen molar-refractivity contribution in [1.82, 2.24) is 4.57 Å². The normalized spacial score (nSPS) is 17.1. The molecule has 0 N–H and O–H groups in total. The summed E-state index contributed by atoms with van der Waals surface area (Å²) in [5, 5.41) is 0. The molecule has 42 heavy (non-hydrogen) atoms. The van der Waals surface area contributed by atoms with E-state index in [1.807, 2.05) is 79.1 Å². The molecule has 1 saturated heterocycles. The molecule has 3 heterocycles. The van der Waals surface area contributed by atoms with Crippen molar-refractivity contribution in [2.24, 2.45) is 4.99 Å². The Morgan fingerprint density at radius 3 is 2.43 bits per heavy atom. The lowest BCUT2D eigenvalue weighted by Gasteiger charge is -2.28. The fourth-order valence-electron chi connectivity index (χ4n) is 5.30. The lowest BCUT2D eigenvalue weighted by molar-refractivity contribution is -0.138. The molecule has 0 radical (unpaired) electrons. The number of carbonyl (C=O) groups is 1. The maximum atomic E-state index is 14.1. The molecule has 7 nitrogen and oxygen atoms in total. The second kappa shape index (κ2) is 12.5. The minimum absolute atomic E-state index is 0.191.